The van der Waals surface area contributed by atoms with Gasteiger partial charge in [-0.05, 0) is 31.4 Å². The van der Waals surface area contributed by atoms with Crippen molar-refractivity contribution in [3.63, 3.8) is 0 Å². The Morgan fingerprint density at radius 3 is 3.06 bits per heavy atom. The summed E-state index contributed by atoms with van der Waals surface area (Å²) in [4.78, 5) is 15.4. The molecule has 16 heavy (non-hydrogen) atoms. The monoisotopic (exact) mass is 239 g/mol. The van der Waals surface area contributed by atoms with E-state index in [1.165, 1.54) is 12.8 Å². The van der Waals surface area contributed by atoms with Gasteiger partial charge in [-0.15, -0.1) is 0 Å². The first kappa shape index (κ1) is 11.4. The lowest BCUT2D eigenvalue weighted by molar-refractivity contribution is -0.115. The number of nitrogens with one attached hydrogen (secondary N) is 2. The Morgan fingerprint density at radius 1 is 1.56 bits per heavy atom. The van der Waals surface area contributed by atoms with Gasteiger partial charge in [0, 0.05) is 6.20 Å². The van der Waals surface area contributed by atoms with Gasteiger partial charge in [-0.2, -0.15) is 0 Å². The minimum Gasteiger partial charge on any atom is -0.322 e. The molecule has 0 radical (unpaired) electrons. The molecule has 5 heteroatoms. The number of rotatable bonds is 5. The second kappa shape index (κ2) is 5.27. The number of hydrogen-bond acceptors (Lipinski definition) is 3. The number of amides is 1. The van der Waals surface area contributed by atoms with E-state index in [1.54, 1.807) is 18.5 Å². The van der Waals surface area contributed by atoms with Crippen LogP contribution in [0, 0.1) is 5.92 Å². The molecule has 1 fully saturated rings. The maximum atomic E-state index is 11.5. The highest BCUT2D eigenvalue weighted by molar-refractivity contribution is 6.33. The second-order valence-electron chi connectivity index (χ2n) is 3.98. The van der Waals surface area contributed by atoms with Crippen LogP contribution in [0.25, 0.3) is 0 Å². The molecule has 1 aromatic heterocycles. The first-order valence-corrected chi connectivity index (χ1v) is 5.73. The van der Waals surface area contributed by atoms with Gasteiger partial charge < -0.3 is 10.6 Å². The Kier molecular flexibility index (Phi) is 3.74. The van der Waals surface area contributed by atoms with Crippen molar-refractivity contribution in [1.29, 1.82) is 0 Å². The molecule has 0 aliphatic heterocycles. The van der Waals surface area contributed by atoms with Crippen molar-refractivity contribution in [1.82, 2.24) is 10.3 Å². The lowest BCUT2D eigenvalue weighted by Crippen LogP contribution is -2.29. The fourth-order valence-electron chi connectivity index (χ4n) is 1.38. The van der Waals surface area contributed by atoms with Crippen LogP contribution in [-0.2, 0) is 4.79 Å². The molecule has 0 atom stereocenters. The molecule has 2 N–H and O–H groups in total. The Bertz CT molecular complexity index is 379. The average Bonchev–Trinajstić information content (AvgIpc) is 3.05. The van der Waals surface area contributed by atoms with E-state index in [-0.39, 0.29) is 5.91 Å². The summed E-state index contributed by atoms with van der Waals surface area (Å²) in [6.45, 7) is 1.25. The fraction of sp³-hybridized carbons (Fsp3) is 0.455. The molecule has 1 aromatic rings. The molecule has 0 saturated heterocycles. The van der Waals surface area contributed by atoms with Crippen LogP contribution in [0.15, 0.2) is 18.5 Å². The lowest BCUT2D eigenvalue weighted by Gasteiger charge is -2.07. The quantitative estimate of drug-likeness (QED) is 0.822. The molecule has 4 nitrogen and oxygen atoms in total. The van der Waals surface area contributed by atoms with Gasteiger partial charge in [-0.3, -0.25) is 9.78 Å². The highest BCUT2D eigenvalue weighted by atomic mass is 35.5. The van der Waals surface area contributed by atoms with Gasteiger partial charge in [0.1, 0.15) is 0 Å². The molecule has 1 heterocycles. The van der Waals surface area contributed by atoms with Crippen LogP contribution in [-0.4, -0.2) is 24.0 Å². The molecule has 0 spiro atoms. The van der Waals surface area contributed by atoms with Crippen LogP contribution in [0.1, 0.15) is 12.8 Å². The van der Waals surface area contributed by atoms with Gasteiger partial charge in [-0.1, -0.05) is 11.6 Å². The van der Waals surface area contributed by atoms with E-state index in [2.05, 4.69) is 15.6 Å². The third kappa shape index (κ3) is 3.47. The van der Waals surface area contributed by atoms with E-state index in [9.17, 15) is 4.79 Å². The highest BCUT2D eigenvalue weighted by Gasteiger charge is 2.20. The summed E-state index contributed by atoms with van der Waals surface area (Å²) in [5.41, 5.74) is 0.558. The number of carbonyl (C=O) groups is 1. The first-order chi connectivity index (χ1) is 7.75. The Hall–Kier alpha value is -1.13. The third-order valence-corrected chi connectivity index (χ3v) is 2.79. The maximum absolute atomic E-state index is 11.5. The summed E-state index contributed by atoms with van der Waals surface area (Å²) in [6.07, 6.45) is 5.69. The predicted octanol–water partition coefficient (Wildman–Crippen LogP) is 1.67. The van der Waals surface area contributed by atoms with Gasteiger partial charge in [0.15, 0.2) is 0 Å². The number of hydrogen-bond donors (Lipinski definition) is 2. The third-order valence-electron chi connectivity index (χ3n) is 2.46. The van der Waals surface area contributed by atoms with Gasteiger partial charge in [0.25, 0.3) is 0 Å². The summed E-state index contributed by atoms with van der Waals surface area (Å²) in [7, 11) is 0. The zero-order valence-electron chi connectivity index (χ0n) is 8.87. The normalized spacial score (nSPS) is 14.8. The molecule has 0 unspecified atom stereocenters. The maximum Gasteiger partial charge on any atom is 0.238 e. The van der Waals surface area contributed by atoms with Crippen molar-refractivity contribution in [3.05, 3.63) is 23.5 Å². The van der Waals surface area contributed by atoms with Gasteiger partial charge in [0.2, 0.25) is 5.91 Å². The highest BCUT2D eigenvalue weighted by Crippen LogP contribution is 2.27. The largest absolute Gasteiger partial charge is 0.322 e. The zero-order chi connectivity index (χ0) is 11.4. The number of anilines is 1. The van der Waals surface area contributed by atoms with Gasteiger partial charge in [0.05, 0.1) is 23.5 Å². The summed E-state index contributed by atoms with van der Waals surface area (Å²) in [6, 6.07) is 1.65. The van der Waals surface area contributed by atoms with E-state index >= 15 is 0 Å². The zero-order valence-corrected chi connectivity index (χ0v) is 9.63. The van der Waals surface area contributed by atoms with Crippen molar-refractivity contribution in [2.75, 3.05) is 18.4 Å². The fourth-order valence-corrected chi connectivity index (χ4v) is 1.53. The summed E-state index contributed by atoms with van der Waals surface area (Å²) >= 11 is 5.89. The minimum atomic E-state index is -0.0875. The second-order valence-corrected chi connectivity index (χ2v) is 4.39. The molecular formula is C11H14ClN3O. The summed E-state index contributed by atoms with van der Waals surface area (Å²) in [5, 5.41) is 6.32. The van der Waals surface area contributed by atoms with E-state index in [0.717, 1.165) is 12.5 Å². The van der Waals surface area contributed by atoms with Crippen LogP contribution in [0.4, 0.5) is 5.69 Å². The van der Waals surface area contributed by atoms with Gasteiger partial charge >= 0.3 is 0 Å². The standard InChI is InChI=1S/C11H14ClN3O/c12-9-3-4-13-6-10(9)15-11(16)7-14-5-8-1-2-8/h3-4,6,8,14H,1-2,5,7H2,(H,15,16). The smallest absolute Gasteiger partial charge is 0.238 e. The molecule has 0 aromatic carbocycles. The molecule has 2 rings (SSSR count). The van der Waals surface area contributed by atoms with Gasteiger partial charge in [-0.25, -0.2) is 0 Å². The van der Waals surface area contributed by atoms with Crippen LogP contribution < -0.4 is 10.6 Å². The summed E-state index contributed by atoms with van der Waals surface area (Å²) in [5.74, 6) is 0.685. The molecule has 86 valence electrons. The van der Waals surface area contributed by atoms with Crippen LogP contribution >= 0.6 is 11.6 Å². The number of halogens is 1. The first-order valence-electron chi connectivity index (χ1n) is 5.36. The van der Waals surface area contributed by atoms with Crippen LogP contribution in [0.2, 0.25) is 5.02 Å². The average molecular weight is 240 g/mol. The van der Waals surface area contributed by atoms with E-state index in [1.807, 2.05) is 0 Å². The van der Waals surface area contributed by atoms with Crippen molar-refractivity contribution >= 4 is 23.2 Å². The Balaban J connectivity index is 1.75. The topological polar surface area (TPSA) is 54.0 Å². The van der Waals surface area contributed by atoms with Crippen LogP contribution in [0.5, 0.6) is 0 Å². The van der Waals surface area contributed by atoms with Crippen molar-refractivity contribution in [2.24, 2.45) is 5.92 Å². The SMILES string of the molecule is O=C(CNCC1CC1)Nc1cnccc1Cl. The number of aromatic nitrogens is 1. The molecular weight excluding hydrogens is 226 g/mol. The Morgan fingerprint density at radius 2 is 2.38 bits per heavy atom. The predicted molar refractivity (Wildman–Crippen MR) is 63.5 cm³/mol. The number of pyridine rings is 1. The molecule has 1 amide bonds. The van der Waals surface area contributed by atoms with Crippen molar-refractivity contribution in [2.45, 2.75) is 12.8 Å². The van der Waals surface area contributed by atoms with E-state index in [0.29, 0.717) is 17.3 Å². The van der Waals surface area contributed by atoms with Crippen molar-refractivity contribution in [3.8, 4) is 0 Å². The lowest BCUT2D eigenvalue weighted by atomic mass is 10.4. The van der Waals surface area contributed by atoms with E-state index in [4.69, 9.17) is 11.6 Å². The van der Waals surface area contributed by atoms with E-state index < -0.39 is 0 Å². The number of nitrogens with zero attached hydrogens (tertiary/aromatic N) is 1. The summed E-state index contributed by atoms with van der Waals surface area (Å²) < 4.78 is 0. The molecule has 1 aliphatic rings. The minimum absolute atomic E-state index is 0.0875. The molecule has 1 saturated carbocycles. The van der Waals surface area contributed by atoms with Crippen LogP contribution in [0.3, 0.4) is 0 Å². The van der Waals surface area contributed by atoms with Crippen molar-refractivity contribution < 1.29 is 4.79 Å². The Labute approximate surface area is 99.4 Å². The molecule has 0 bridgehead atoms. The molecule has 1 aliphatic carbocycles. The number of carbonyl (C=O) groups excluding carboxylic acids is 1.